The molecule has 3 aliphatic rings. The normalized spacial score (nSPS) is 18.3. The van der Waals surface area contributed by atoms with E-state index in [1.54, 1.807) is 24.5 Å². The van der Waals surface area contributed by atoms with Crippen molar-refractivity contribution >= 4 is 51.5 Å². The summed E-state index contributed by atoms with van der Waals surface area (Å²) in [7, 11) is 0. The van der Waals surface area contributed by atoms with Gasteiger partial charge < -0.3 is 30.6 Å². The minimum atomic E-state index is -0.0675. The molecule has 4 heterocycles. The zero-order chi connectivity index (χ0) is 34.0. The third-order valence-electron chi connectivity index (χ3n) is 10.8. The molecule has 11 heteroatoms. The highest BCUT2D eigenvalue weighted by molar-refractivity contribution is 7.80. The Bertz CT molecular complexity index is 1840. The standard InChI is InChI=1S/C38H43ClN6O3S/c39-33-28(4-5-31-32(26-2-1-3-27(20-26)35(40)49)24-45(34(31)33)30-8-18-48-19-9-30)23-43-37(47)29-21-38(22-29)10-15-44(16-11-38)17-14-42-36(46)25-6-12-41-13-7-25/h1-7,12-13,20,24,29-30H,8-11,14-19,21-23H2,(H2,40,49)(H,42,46)(H,43,47). The summed E-state index contributed by atoms with van der Waals surface area (Å²) < 4.78 is 7.98. The van der Waals surface area contributed by atoms with Gasteiger partial charge in [-0.25, -0.2) is 0 Å². The second kappa shape index (κ2) is 14.6. The smallest absolute Gasteiger partial charge is 0.251 e. The van der Waals surface area contributed by atoms with E-state index in [1.165, 1.54) is 0 Å². The van der Waals surface area contributed by atoms with E-state index in [4.69, 9.17) is 34.3 Å². The van der Waals surface area contributed by atoms with Crippen LogP contribution in [0.1, 0.15) is 66.1 Å². The van der Waals surface area contributed by atoms with Crippen LogP contribution in [0.4, 0.5) is 0 Å². The van der Waals surface area contributed by atoms with Crippen LogP contribution >= 0.6 is 23.8 Å². The number of likely N-dealkylation sites (tertiary alicyclic amines) is 1. The van der Waals surface area contributed by atoms with Gasteiger partial charge >= 0.3 is 0 Å². The molecule has 4 aromatic rings. The van der Waals surface area contributed by atoms with Crippen LogP contribution in [0.3, 0.4) is 0 Å². The van der Waals surface area contributed by atoms with Gasteiger partial charge in [-0.1, -0.05) is 54.2 Å². The molecule has 49 heavy (non-hydrogen) atoms. The average molecular weight is 699 g/mol. The van der Waals surface area contributed by atoms with Crippen LogP contribution < -0.4 is 16.4 Å². The van der Waals surface area contributed by atoms with Gasteiger partial charge in [-0.3, -0.25) is 14.6 Å². The lowest BCUT2D eigenvalue weighted by atomic mass is 9.57. The van der Waals surface area contributed by atoms with Crippen LogP contribution in [0, 0.1) is 11.3 Å². The summed E-state index contributed by atoms with van der Waals surface area (Å²) in [6.07, 6.45) is 11.3. The molecule has 1 aliphatic carbocycles. The molecule has 256 valence electrons. The molecule has 0 atom stereocenters. The van der Waals surface area contributed by atoms with Crippen molar-refractivity contribution in [2.75, 3.05) is 39.4 Å². The number of ether oxygens (including phenoxy) is 1. The Morgan fingerprint density at radius 2 is 1.78 bits per heavy atom. The van der Waals surface area contributed by atoms with Crippen molar-refractivity contribution in [3.05, 3.63) is 88.8 Å². The molecule has 3 fully saturated rings. The van der Waals surface area contributed by atoms with Gasteiger partial charge in [0.15, 0.2) is 0 Å². The molecule has 0 bridgehead atoms. The van der Waals surface area contributed by atoms with Crippen LogP contribution in [0.5, 0.6) is 0 Å². The van der Waals surface area contributed by atoms with Gasteiger partial charge in [0.1, 0.15) is 4.99 Å². The number of thiocarbonyl (C=S) groups is 1. The first-order valence-electron chi connectivity index (χ1n) is 17.3. The quantitative estimate of drug-likeness (QED) is 0.177. The minimum absolute atomic E-state index is 0.0345. The number of pyridine rings is 1. The predicted octanol–water partition coefficient (Wildman–Crippen LogP) is 5.88. The zero-order valence-corrected chi connectivity index (χ0v) is 29.2. The van der Waals surface area contributed by atoms with E-state index in [0.717, 1.165) is 105 Å². The number of carbonyl (C=O) groups is 2. The lowest BCUT2D eigenvalue weighted by Gasteiger charge is -2.51. The van der Waals surface area contributed by atoms with Crippen molar-refractivity contribution < 1.29 is 14.3 Å². The van der Waals surface area contributed by atoms with Crippen LogP contribution in [0.15, 0.2) is 67.1 Å². The van der Waals surface area contributed by atoms with Crippen molar-refractivity contribution in [1.29, 1.82) is 0 Å². The maximum atomic E-state index is 13.3. The summed E-state index contributed by atoms with van der Waals surface area (Å²) in [5.74, 6) is 0.0764. The van der Waals surface area contributed by atoms with Gasteiger partial charge in [-0.2, -0.15) is 0 Å². The largest absolute Gasteiger partial charge is 0.389 e. The number of halogens is 1. The number of piperidine rings is 1. The molecule has 0 radical (unpaired) electrons. The summed E-state index contributed by atoms with van der Waals surface area (Å²) in [6.45, 7) is 5.26. The van der Waals surface area contributed by atoms with E-state index in [2.05, 4.69) is 43.4 Å². The highest BCUT2D eigenvalue weighted by Gasteiger charge is 2.48. The van der Waals surface area contributed by atoms with Gasteiger partial charge in [0, 0.05) is 85.5 Å². The van der Waals surface area contributed by atoms with Crippen LogP contribution in [-0.4, -0.2) is 70.6 Å². The third kappa shape index (κ3) is 7.24. The zero-order valence-electron chi connectivity index (χ0n) is 27.6. The number of fused-ring (bicyclic) bond motifs is 1. The number of nitrogens with one attached hydrogen (secondary N) is 2. The number of carbonyl (C=O) groups excluding carboxylic acids is 2. The van der Waals surface area contributed by atoms with E-state index in [1.807, 2.05) is 24.3 Å². The number of nitrogens with zero attached hydrogens (tertiary/aromatic N) is 3. The third-order valence-corrected chi connectivity index (χ3v) is 11.5. The molecule has 1 spiro atoms. The van der Waals surface area contributed by atoms with Gasteiger partial charge in [-0.05, 0) is 86.4 Å². The topological polar surface area (TPSA) is 115 Å². The van der Waals surface area contributed by atoms with Crippen molar-refractivity contribution in [1.82, 2.24) is 25.1 Å². The highest BCUT2D eigenvalue weighted by atomic mass is 35.5. The van der Waals surface area contributed by atoms with Gasteiger partial charge in [-0.15, -0.1) is 0 Å². The summed E-state index contributed by atoms with van der Waals surface area (Å²) >= 11 is 12.5. The van der Waals surface area contributed by atoms with E-state index in [0.29, 0.717) is 28.7 Å². The lowest BCUT2D eigenvalue weighted by Crippen LogP contribution is -2.51. The van der Waals surface area contributed by atoms with Crippen LogP contribution in [0.25, 0.3) is 22.0 Å². The Hall–Kier alpha value is -3.83. The van der Waals surface area contributed by atoms with E-state index in [9.17, 15) is 9.59 Å². The Balaban J connectivity index is 0.960. The van der Waals surface area contributed by atoms with Gasteiger partial charge in [0.05, 0.1) is 10.5 Å². The molecule has 2 saturated heterocycles. The number of benzene rings is 2. The van der Waals surface area contributed by atoms with Crippen molar-refractivity contribution in [3.63, 3.8) is 0 Å². The Morgan fingerprint density at radius 1 is 1.02 bits per heavy atom. The Labute approximate surface area is 297 Å². The Kier molecular flexibility index (Phi) is 10.0. The SMILES string of the molecule is NC(=S)c1cccc(-c2cn(C3CCOCC3)c3c(Cl)c(CNC(=O)C4CC5(CCN(CCNC(=O)c6ccncc6)CC5)C4)ccc23)c1. The summed E-state index contributed by atoms with van der Waals surface area (Å²) in [6, 6.07) is 15.9. The number of aromatic nitrogens is 2. The molecule has 2 aromatic carbocycles. The fourth-order valence-electron chi connectivity index (χ4n) is 7.90. The van der Waals surface area contributed by atoms with Crippen molar-refractivity contribution in [3.8, 4) is 11.1 Å². The van der Waals surface area contributed by atoms with Crippen LogP contribution in [0.2, 0.25) is 5.02 Å². The molecule has 9 nitrogen and oxygen atoms in total. The molecule has 2 aromatic heterocycles. The first kappa shape index (κ1) is 33.7. The fraction of sp³-hybridized carbons (Fsp3) is 0.421. The molecular formula is C38H43ClN6O3S. The molecule has 7 rings (SSSR count). The maximum absolute atomic E-state index is 13.3. The molecule has 4 N–H and O–H groups in total. The number of nitrogens with two attached hydrogens (primary N) is 1. The number of rotatable bonds is 10. The summed E-state index contributed by atoms with van der Waals surface area (Å²) in [5.41, 5.74) is 11.7. The van der Waals surface area contributed by atoms with E-state index in [-0.39, 0.29) is 29.2 Å². The number of hydrogen-bond acceptors (Lipinski definition) is 6. The molecule has 2 aliphatic heterocycles. The lowest BCUT2D eigenvalue weighted by molar-refractivity contribution is -0.135. The van der Waals surface area contributed by atoms with E-state index < -0.39 is 0 Å². The molecule has 2 amide bonds. The van der Waals surface area contributed by atoms with Crippen molar-refractivity contribution in [2.24, 2.45) is 17.1 Å². The van der Waals surface area contributed by atoms with Gasteiger partial charge in [0.25, 0.3) is 5.91 Å². The van der Waals surface area contributed by atoms with Crippen LogP contribution in [-0.2, 0) is 16.1 Å². The maximum Gasteiger partial charge on any atom is 0.251 e. The summed E-state index contributed by atoms with van der Waals surface area (Å²) in [4.78, 5) is 32.4. The molecule has 1 saturated carbocycles. The predicted molar refractivity (Wildman–Crippen MR) is 197 cm³/mol. The van der Waals surface area contributed by atoms with Crippen molar-refractivity contribution in [2.45, 2.75) is 51.1 Å². The second-order valence-electron chi connectivity index (χ2n) is 13.8. The summed E-state index contributed by atoms with van der Waals surface area (Å²) in [5, 5.41) is 7.96. The minimum Gasteiger partial charge on any atom is -0.389 e. The molecular weight excluding hydrogens is 656 g/mol. The number of amides is 2. The van der Waals surface area contributed by atoms with E-state index >= 15 is 0 Å². The first-order chi connectivity index (χ1) is 23.8. The average Bonchev–Trinajstić information content (AvgIpc) is 3.52. The fourth-order valence-corrected chi connectivity index (χ4v) is 8.35. The van der Waals surface area contributed by atoms with Gasteiger partial charge in [0.2, 0.25) is 5.91 Å². The number of hydrogen-bond donors (Lipinski definition) is 3. The Morgan fingerprint density at radius 3 is 2.51 bits per heavy atom. The second-order valence-corrected chi connectivity index (χ2v) is 14.6. The monoisotopic (exact) mass is 698 g/mol. The molecule has 0 unspecified atom stereocenters. The first-order valence-corrected chi connectivity index (χ1v) is 18.1. The highest BCUT2D eigenvalue weighted by Crippen LogP contribution is 2.52.